The summed E-state index contributed by atoms with van der Waals surface area (Å²) in [5.74, 6) is 1.23. The number of carbonyl (C=O) groups excluding carboxylic acids is 1. The zero-order valence-electron chi connectivity index (χ0n) is 13.6. The molecule has 1 fully saturated rings. The highest BCUT2D eigenvalue weighted by molar-refractivity contribution is 5.86. The Labute approximate surface area is 127 Å². The predicted octanol–water partition coefficient (Wildman–Crippen LogP) is 3.93. The summed E-state index contributed by atoms with van der Waals surface area (Å²) in [5.41, 5.74) is 0.281. The van der Waals surface area contributed by atoms with Gasteiger partial charge in [0.05, 0.1) is 13.2 Å². The molecule has 0 aliphatic heterocycles. The lowest BCUT2D eigenvalue weighted by Gasteiger charge is -2.42. The van der Waals surface area contributed by atoms with Gasteiger partial charge in [0, 0.05) is 0 Å². The molecule has 1 heterocycles. The maximum absolute atomic E-state index is 11.6. The van der Waals surface area contributed by atoms with Gasteiger partial charge in [-0.2, -0.15) is 0 Å². The number of methoxy groups -OCH3 is 1. The van der Waals surface area contributed by atoms with Gasteiger partial charge in [-0.1, -0.05) is 33.6 Å². The molecule has 1 aliphatic carbocycles. The van der Waals surface area contributed by atoms with Crippen LogP contribution in [0.25, 0.3) is 0 Å². The van der Waals surface area contributed by atoms with Crippen LogP contribution in [0, 0.1) is 11.3 Å². The summed E-state index contributed by atoms with van der Waals surface area (Å²) >= 11 is 0. The standard InChI is InChI=1S/C17H27NO3/c1-5-18-15(12-8-6-7-11-17(12,2)3)13-9-10-14(21-13)16(19)20-4/h9-10,12,15,18H,5-8,11H2,1-4H3. The first-order valence-electron chi connectivity index (χ1n) is 7.91. The van der Waals surface area contributed by atoms with Gasteiger partial charge >= 0.3 is 5.97 Å². The molecule has 0 bridgehead atoms. The molecule has 0 aromatic carbocycles. The molecule has 1 aliphatic rings. The van der Waals surface area contributed by atoms with Crippen LogP contribution >= 0.6 is 0 Å². The topological polar surface area (TPSA) is 51.5 Å². The van der Waals surface area contributed by atoms with Crippen LogP contribution in [-0.2, 0) is 4.74 Å². The number of furan rings is 1. The van der Waals surface area contributed by atoms with Gasteiger partial charge < -0.3 is 14.5 Å². The smallest absolute Gasteiger partial charge is 0.373 e. The Morgan fingerprint density at radius 3 is 2.86 bits per heavy atom. The van der Waals surface area contributed by atoms with Gasteiger partial charge in [-0.3, -0.25) is 0 Å². The monoisotopic (exact) mass is 293 g/mol. The van der Waals surface area contributed by atoms with Crippen molar-refractivity contribution in [1.82, 2.24) is 5.32 Å². The minimum atomic E-state index is -0.417. The zero-order chi connectivity index (χ0) is 15.5. The second-order valence-corrected chi connectivity index (χ2v) is 6.57. The van der Waals surface area contributed by atoms with Crippen LogP contribution in [0.4, 0.5) is 0 Å². The SMILES string of the molecule is CCNC(c1ccc(C(=O)OC)o1)C1CCCCC1(C)C. The maximum atomic E-state index is 11.6. The normalized spacial score (nSPS) is 22.8. The molecule has 2 rings (SSSR count). The van der Waals surface area contributed by atoms with Crippen molar-refractivity contribution in [2.24, 2.45) is 11.3 Å². The fourth-order valence-corrected chi connectivity index (χ4v) is 3.53. The quantitative estimate of drug-likeness (QED) is 0.836. The molecule has 1 aromatic heterocycles. The lowest BCUT2D eigenvalue weighted by atomic mass is 9.65. The van der Waals surface area contributed by atoms with E-state index in [0.29, 0.717) is 5.92 Å². The van der Waals surface area contributed by atoms with Crippen LogP contribution in [0.3, 0.4) is 0 Å². The number of hydrogen-bond acceptors (Lipinski definition) is 4. The molecule has 118 valence electrons. The molecule has 1 saturated carbocycles. The first-order chi connectivity index (χ1) is 9.99. The second-order valence-electron chi connectivity index (χ2n) is 6.57. The second kappa shape index (κ2) is 6.65. The van der Waals surface area contributed by atoms with Gasteiger partial charge in [0.1, 0.15) is 5.76 Å². The third-order valence-corrected chi connectivity index (χ3v) is 4.74. The Bertz CT molecular complexity index is 478. The third-order valence-electron chi connectivity index (χ3n) is 4.74. The average Bonchev–Trinajstić information content (AvgIpc) is 2.93. The van der Waals surface area contributed by atoms with E-state index in [9.17, 15) is 4.79 Å². The van der Waals surface area contributed by atoms with E-state index in [0.717, 1.165) is 12.3 Å². The van der Waals surface area contributed by atoms with Crippen LogP contribution < -0.4 is 5.32 Å². The number of carbonyl (C=O) groups is 1. The van der Waals surface area contributed by atoms with Crippen LogP contribution in [0.5, 0.6) is 0 Å². The molecule has 2 atom stereocenters. The van der Waals surface area contributed by atoms with Gasteiger partial charge in [-0.15, -0.1) is 0 Å². The van der Waals surface area contributed by atoms with Crippen LogP contribution in [0.2, 0.25) is 0 Å². The first kappa shape index (κ1) is 16.1. The number of esters is 1. The highest BCUT2D eigenvalue weighted by Gasteiger charge is 2.39. The molecule has 0 spiro atoms. The van der Waals surface area contributed by atoms with Gasteiger partial charge in [-0.25, -0.2) is 4.79 Å². The van der Waals surface area contributed by atoms with E-state index >= 15 is 0 Å². The number of ether oxygens (including phenoxy) is 1. The number of nitrogens with one attached hydrogen (secondary N) is 1. The molecular formula is C17H27NO3. The molecule has 0 amide bonds. The summed E-state index contributed by atoms with van der Waals surface area (Å²) < 4.78 is 10.5. The molecule has 1 aromatic rings. The summed E-state index contributed by atoms with van der Waals surface area (Å²) in [4.78, 5) is 11.6. The van der Waals surface area contributed by atoms with E-state index in [1.807, 2.05) is 6.07 Å². The molecular weight excluding hydrogens is 266 g/mol. The molecule has 4 nitrogen and oxygen atoms in total. The van der Waals surface area contributed by atoms with Crippen molar-refractivity contribution < 1.29 is 13.9 Å². The van der Waals surface area contributed by atoms with Crippen molar-refractivity contribution in [2.75, 3.05) is 13.7 Å². The van der Waals surface area contributed by atoms with Crippen molar-refractivity contribution >= 4 is 5.97 Å². The number of rotatable bonds is 5. The lowest BCUT2D eigenvalue weighted by molar-refractivity contribution is 0.0552. The van der Waals surface area contributed by atoms with Crippen molar-refractivity contribution in [1.29, 1.82) is 0 Å². The fraction of sp³-hybridized carbons (Fsp3) is 0.706. The van der Waals surface area contributed by atoms with E-state index in [-0.39, 0.29) is 17.2 Å². The fourth-order valence-electron chi connectivity index (χ4n) is 3.53. The Morgan fingerprint density at radius 2 is 2.24 bits per heavy atom. The Morgan fingerprint density at radius 1 is 1.48 bits per heavy atom. The Kier molecular flexibility index (Phi) is 5.09. The molecule has 4 heteroatoms. The Hall–Kier alpha value is -1.29. The summed E-state index contributed by atoms with van der Waals surface area (Å²) in [6.45, 7) is 7.66. The van der Waals surface area contributed by atoms with Gasteiger partial charge in [0.2, 0.25) is 5.76 Å². The van der Waals surface area contributed by atoms with E-state index in [2.05, 4.69) is 26.1 Å². The van der Waals surface area contributed by atoms with E-state index < -0.39 is 5.97 Å². The first-order valence-corrected chi connectivity index (χ1v) is 7.91. The maximum Gasteiger partial charge on any atom is 0.373 e. The van der Waals surface area contributed by atoms with Crippen molar-refractivity contribution in [2.45, 2.75) is 52.5 Å². The minimum absolute atomic E-state index is 0.156. The van der Waals surface area contributed by atoms with E-state index in [1.165, 1.54) is 32.8 Å². The molecule has 21 heavy (non-hydrogen) atoms. The molecule has 0 radical (unpaired) electrons. The minimum Gasteiger partial charge on any atom is -0.463 e. The third kappa shape index (κ3) is 3.49. The predicted molar refractivity (Wildman–Crippen MR) is 82.2 cm³/mol. The van der Waals surface area contributed by atoms with Gasteiger partial charge in [0.25, 0.3) is 0 Å². The van der Waals surface area contributed by atoms with Gasteiger partial charge in [-0.05, 0) is 42.9 Å². The Balaban J connectivity index is 2.25. The lowest BCUT2D eigenvalue weighted by Crippen LogP contribution is -2.38. The summed E-state index contributed by atoms with van der Waals surface area (Å²) in [7, 11) is 1.37. The van der Waals surface area contributed by atoms with Crippen LogP contribution in [-0.4, -0.2) is 19.6 Å². The van der Waals surface area contributed by atoms with Gasteiger partial charge in [0.15, 0.2) is 0 Å². The largest absolute Gasteiger partial charge is 0.463 e. The zero-order valence-corrected chi connectivity index (χ0v) is 13.6. The highest BCUT2D eigenvalue weighted by atomic mass is 16.5. The van der Waals surface area contributed by atoms with Crippen molar-refractivity contribution in [3.05, 3.63) is 23.7 Å². The van der Waals surface area contributed by atoms with E-state index in [1.54, 1.807) is 6.07 Å². The molecule has 0 saturated heterocycles. The number of hydrogen-bond donors (Lipinski definition) is 1. The van der Waals surface area contributed by atoms with Crippen LogP contribution in [0.1, 0.15) is 68.8 Å². The van der Waals surface area contributed by atoms with Crippen molar-refractivity contribution in [3.63, 3.8) is 0 Å². The summed E-state index contributed by atoms with van der Waals surface area (Å²) in [6.07, 6.45) is 5.00. The summed E-state index contributed by atoms with van der Waals surface area (Å²) in [6, 6.07) is 3.77. The molecule has 2 unspecified atom stereocenters. The van der Waals surface area contributed by atoms with Crippen LogP contribution in [0.15, 0.2) is 16.5 Å². The van der Waals surface area contributed by atoms with Crippen molar-refractivity contribution in [3.8, 4) is 0 Å². The molecule has 1 N–H and O–H groups in total. The summed E-state index contributed by atoms with van der Waals surface area (Å²) in [5, 5.41) is 3.55. The van der Waals surface area contributed by atoms with E-state index in [4.69, 9.17) is 9.15 Å². The average molecular weight is 293 g/mol. The highest BCUT2D eigenvalue weighted by Crippen LogP contribution is 2.47.